The minimum absolute atomic E-state index is 0.103. The number of rotatable bonds is 9. The number of carbonyl (C=O) groups is 2. The largest absolute Gasteiger partial charge is 0.550 e. The molecular weight excluding hydrogens is 260 g/mol. The van der Waals surface area contributed by atoms with Gasteiger partial charge in [0.05, 0.1) is 6.61 Å². The Bertz CT molecular complexity index is 438. The number of benzene rings is 1. The first-order valence-corrected chi connectivity index (χ1v) is 6.65. The van der Waals surface area contributed by atoms with Crippen molar-refractivity contribution in [2.75, 3.05) is 6.61 Å². The molecule has 0 aliphatic carbocycles. The van der Waals surface area contributed by atoms with E-state index in [1.54, 1.807) is 24.3 Å². The Morgan fingerprint density at radius 1 is 1.20 bits per heavy atom. The third kappa shape index (κ3) is 5.73. The second-order valence-electron chi connectivity index (χ2n) is 4.64. The van der Waals surface area contributed by atoms with Gasteiger partial charge in [-0.15, -0.1) is 0 Å². The lowest BCUT2D eigenvalue weighted by Crippen LogP contribution is -2.37. The molecule has 0 amide bonds. The minimum atomic E-state index is -1.39. The summed E-state index contributed by atoms with van der Waals surface area (Å²) < 4.78 is 5.49. The second kappa shape index (κ2) is 8.19. The van der Waals surface area contributed by atoms with Crippen molar-refractivity contribution in [2.45, 2.75) is 32.6 Å². The lowest BCUT2D eigenvalue weighted by molar-refractivity contribution is -0.320. The first-order chi connectivity index (χ1) is 9.52. The summed E-state index contributed by atoms with van der Waals surface area (Å²) in [6, 6.07) is 6.95. The zero-order valence-corrected chi connectivity index (χ0v) is 11.5. The van der Waals surface area contributed by atoms with Gasteiger partial charge in [-0.05, 0) is 37.0 Å². The summed E-state index contributed by atoms with van der Waals surface area (Å²) in [5.41, 5.74) is 0.725. The van der Waals surface area contributed by atoms with Crippen LogP contribution in [0.4, 0.5) is 0 Å². The summed E-state index contributed by atoms with van der Waals surface area (Å²) in [6.07, 6.45) is 1.58. The van der Waals surface area contributed by atoms with E-state index in [9.17, 15) is 19.8 Å². The molecule has 0 saturated carbocycles. The molecule has 110 valence electrons. The Labute approximate surface area is 118 Å². The van der Waals surface area contributed by atoms with E-state index in [2.05, 4.69) is 6.92 Å². The van der Waals surface area contributed by atoms with Gasteiger partial charge in [-0.2, -0.15) is 0 Å². The van der Waals surface area contributed by atoms with Crippen molar-refractivity contribution in [1.82, 2.24) is 0 Å². The van der Waals surface area contributed by atoms with Crippen LogP contribution in [-0.4, -0.2) is 18.5 Å². The maximum Gasteiger partial charge on any atom is 0.119 e. The Morgan fingerprint density at radius 3 is 2.35 bits per heavy atom. The maximum absolute atomic E-state index is 10.9. The highest BCUT2D eigenvalue weighted by atomic mass is 16.5. The molecule has 0 bridgehead atoms. The number of carbonyl (C=O) groups excluding carboxylic acids is 2. The van der Waals surface area contributed by atoms with Crippen molar-refractivity contribution in [3.63, 3.8) is 0 Å². The van der Waals surface area contributed by atoms with Crippen molar-refractivity contribution in [2.24, 2.45) is 5.92 Å². The number of carboxylic acids is 2. The number of hydrogen-bond donors (Lipinski definition) is 0. The lowest BCUT2D eigenvalue weighted by atomic mass is 9.96. The lowest BCUT2D eigenvalue weighted by Gasteiger charge is -2.18. The zero-order valence-electron chi connectivity index (χ0n) is 11.5. The minimum Gasteiger partial charge on any atom is -0.550 e. The molecule has 0 heterocycles. The van der Waals surface area contributed by atoms with Gasteiger partial charge in [-0.3, -0.25) is 0 Å². The van der Waals surface area contributed by atoms with Crippen molar-refractivity contribution in [3.8, 4) is 5.75 Å². The van der Waals surface area contributed by atoms with Gasteiger partial charge < -0.3 is 24.5 Å². The van der Waals surface area contributed by atoms with Gasteiger partial charge in [0.15, 0.2) is 0 Å². The predicted molar refractivity (Wildman–Crippen MR) is 68.7 cm³/mol. The molecule has 0 aliphatic heterocycles. The molecule has 0 fully saturated rings. The van der Waals surface area contributed by atoms with Crippen LogP contribution >= 0.6 is 0 Å². The highest BCUT2D eigenvalue weighted by Gasteiger charge is 2.11. The molecule has 5 nitrogen and oxygen atoms in total. The molecule has 0 aromatic heterocycles. The quantitative estimate of drug-likeness (QED) is 0.589. The Kier molecular flexibility index (Phi) is 6.56. The molecule has 0 aliphatic rings. The summed E-state index contributed by atoms with van der Waals surface area (Å²) in [6.45, 7) is 2.71. The summed E-state index contributed by atoms with van der Waals surface area (Å²) in [5, 5.41) is 21.3. The molecular formula is C15H18O5-2. The van der Waals surface area contributed by atoms with Crippen molar-refractivity contribution < 1.29 is 24.5 Å². The number of aliphatic carboxylic acids is 2. The standard InChI is InChI=1S/C15H20O5/c1-2-3-8-20-13-6-4-11(5-7-13)9-12(15(18)19)10-14(16)17/h4-7,12H,2-3,8-10H2,1H3,(H,16,17)(H,18,19)/p-2/t12-/m0/s1. The molecule has 0 spiro atoms. The number of carboxylic acid groups (broad SMARTS) is 2. The fourth-order valence-electron chi connectivity index (χ4n) is 1.78. The monoisotopic (exact) mass is 278 g/mol. The van der Waals surface area contributed by atoms with Crippen LogP contribution in [0.2, 0.25) is 0 Å². The van der Waals surface area contributed by atoms with Crippen LogP contribution in [0.5, 0.6) is 5.75 Å². The number of unbranched alkanes of at least 4 members (excludes halogenated alkanes) is 1. The van der Waals surface area contributed by atoms with Crippen molar-refractivity contribution in [3.05, 3.63) is 29.8 Å². The Hall–Kier alpha value is -2.04. The van der Waals surface area contributed by atoms with E-state index in [0.717, 1.165) is 18.4 Å². The first kappa shape index (κ1) is 16.0. The van der Waals surface area contributed by atoms with E-state index in [4.69, 9.17) is 4.74 Å². The molecule has 1 aromatic rings. The van der Waals surface area contributed by atoms with Crippen LogP contribution in [0.1, 0.15) is 31.7 Å². The van der Waals surface area contributed by atoms with Crippen molar-refractivity contribution in [1.29, 1.82) is 0 Å². The maximum atomic E-state index is 10.9. The van der Waals surface area contributed by atoms with Gasteiger partial charge in [0.2, 0.25) is 0 Å². The molecule has 1 atom stereocenters. The molecule has 1 rings (SSSR count). The van der Waals surface area contributed by atoms with Gasteiger partial charge in [0.25, 0.3) is 0 Å². The van der Waals surface area contributed by atoms with Gasteiger partial charge in [-0.25, -0.2) is 0 Å². The summed E-state index contributed by atoms with van der Waals surface area (Å²) in [4.78, 5) is 21.3. The molecule has 0 saturated heterocycles. The number of ether oxygens (including phenoxy) is 1. The second-order valence-corrected chi connectivity index (χ2v) is 4.64. The van der Waals surface area contributed by atoms with E-state index in [-0.39, 0.29) is 6.42 Å². The fourth-order valence-corrected chi connectivity index (χ4v) is 1.78. The fraction of sp³-hybridized carbons (Fsp3) is 0.467. The smallest absolute Gasteiger partial charge is 0.119 e. The molecule has 0 unspecified atom stereocenters. The summed E-state index contributed by atoms with van der Waals surface area (Å²) >= 11 is 0. The summed E-state index contributed by atoms with van der Waals surface area (Å²) in [5.74, 6) is -3.13. The Morgan fingerprint density at radius 2 is 1.85 bits per heavy atom. The van der Waals surface area contributed by atoms with Crippen LogP contribution in [-0.2, 0) is 16.0 Å². The Balaban J connectivity index is 2.58. The van der Waals surface area contributed by atoms with Crippen LogP contribution in [0, 0.1) is 5.92 Å². The van der Waals surface area contributed by atoms with E-state index in [1.165, 1.54) is 0 Å². The third-order valence-corrected chi connectivity index (χ3v) is 2.92. The predicted octanol–water partition coefficient (Wildman–Crippen LogP) is -0.0859. The highest BCUT2D eigenvalue weighted by Crippen LogP contribution is 2.17. The van der Waals surface area contributed by atoms with Crippen LogP contribution < -0.4 is 14.9 Å². The average Bonchev–Trinajstić information content (AvgIpc) is 2.39. The molecule has 0 N–H and O–H groups in total. The zero-order chi connectivity index (χ0) is 15.0. The first-order valence-electron chi connectivity index (χ1n) is 6.65. The molecule has 1 aromatic carbocycles. The molecule has 0 radical (unpaired) electrons. The van der Waals surface area contributed by atoms with E-state index >= 15 is 0 Å². The van der Waals surface area contributed by atoms with Crippen LogP contribution in [0.15, 0.2) is 24.3 Å². The normalized spacial score (nSPS) is 11.8. The van der Waals surface area contributed by atoms with Crippen LogP contribution in [0.3, 0.4) is 0 Å². The molecule has 5 heteroatoms. The average molecular weight is 278 g/mol. The van der Waals surface area contributed by atoms with E-state index in [1.807, 2.05) is 0 Å². The van der Waals surface area contributed by atoms with E-state index < -0.39 is 24.3 Å². The van der Waals surface area contributed by atoms with E-state index in [0.29, 0.717) is 12.4 Å². The van der Waals surface area contributed by atoms with Crippen molar-refractivity contribution >= 4 is 11.9 Å². The summed E-state index contributed by atoms with van der Waals surface area (Å²) in [7, 11) is 0. The van der Waals surface area contributed by atoms with Gasteiger partial charge in [-0.1, -0.05) is 25.5 Å². The van der Waals surface area contributed by atoms with Gasteiger partial charge in [0, 0.05) is 17.9 Å². The SMILES string of the molecule is CCCCOc1ccc(C[C@@H](CC(=O)[O-])C(=O)[O-])cc1. The molecule has 20 heavy (non-hydrogen) atoms. The number of hydrogen-bond acceptors (Lipinski definition) is 5. The topological polar surface area (TPSA) is 89.5 Å². The highest BCUT2D eigenvalue weighted by molar-refractivity contribution is 5.75. The van der Waals surface area contributed by atoms with Gasteiger partial charge >= 0.3 is 0 Å². The van der Waals surface area contributed by atoms with Gasteiger partial charge in [0.1, 0.15) is 5.75 Å². The third-order valence-electron chi connectivity index (χ3n) is 2.92. The van der Waals surface area contributed by atoms with Crippen LogP contribution in [0.25, 0.3) is 0 Å².